The molecule has 20 heavy (non-hydrogen) atoms. The zero-order chi connectivity index (χ0) is 14.3. The predicted octanol–water partition coefficient (Wildman–Crippen LogP) is -1.20. The summed E-state index contributed by atoms with van der Waals surface area (Å²) in [6.07, 6.45) is 0.0305. The molecule has 2 aromatic heterocycles. The van der Waals surface area contributed by atoms with Crippen LogP contribution in [0.4, 0.5) is 5.82 Å². The first kappa shape index (κ1) is 12.7. The number of anilines is 1. The lowest BCUT2D eigenvalue weighted by Crippen LogP contribution is -2.28. The molecular weight excluding hydrogens is 264 g/mol. The number of nitrogens with two attached hydrogens (primary N) is 1. The van der Waals surface area contributed by atoms with E-state index in [1.165, 1.54) is 17.2 Å². The normalized spacial score (nSPS) is 29.6. The van der Waals surface area contributed by atoms with E-state index < -0.39 is 24.4 Å². The van der Waals surface area contributed by atoms with Crippen LogP contribution >= 0.6 is 0 Å². The van der Waals surface area contributed by atoms with Crippen LogP contribution < -0.4 is 5.73 Å². The van der Waals surface area contributed by atoms with Gasteiger partial charge in [0.1, 0.15) is 30.0 Å². The van der Waals surface area contributed by atoms with Gasteiger partial charge in [-0.15, -0.1) is 0 Å². The lowest BCUT2D eigenvalue weighted by Gasteiger charge is -2.15. The maximum absolute atomic E-state index is 9.95. The molecule has 1 aliphatic rings. The SMILES string of the molecule is N#CC1C(O)[C@@H](CO)O[C@H]1n1cnc2c(N)ncnc21. The van der Waals surface area contributed by atoms with Crippen LogP contribution in [0, 0.1) is 17.2 Å². The first-order chi connectivity index (χ1) is 9.67. The standard InChI is InChI=1S/C11H12N6O3/c12-1-5-8(19)6(2-18)20-11(5)17-4-16-7-9(13)14-3-15-10(7)17/h3-6,8,11,18-19H,2H2,(H2,13,14,15)/t5?,6-,8?,11-/m1/s1. The number of aromatic nitrogens is 4. The van der Waals surface area contributed by atoms with Gasteiger partial charge in [0, 0.05) is 0 Å². The summed E-state index contributed by atoms with van der Waals surface area (Å²) in [5.41, 5.74) is 6.50. The van der Waals surface area contributed by atoms with Gasteiger partial charge in [-0.1, -0.05) is 0 Å². The molecule has 0 amide bonds. The number of hydrogen-bond acceptors (Lipinski definition) is 8. The van der Waals surface area contributed by atoms with Crippen LogP contribution in [-0.4, -0.2) is 48.5 Å². The number of nitrogens with zero attached hydrogens (tertiary/aromatic N) is 5. The Morgan fingerprint density at radius 1 is 1.45 bits per heavy atom. The summed E-state index contributed by atoms with van der Waals surface area (Å²) in [5.74, 6) is -0.611. The highest BCUT2D eigenvalue weighted by Crippen LogP contribution is 2.35. The molecule has 2 aromatic rings. The van der Waals surface area contributed by atoms with Crippen molar-refractivity contribution in [2.75, 3.05) is 12.3 Å². The lowest BCUT2D eigenvalue weighted by molar-refractivity contribution is -0.0441. The van der Waals surface area contributed by atoms with Crippen molar-refractivity contribution in [3.8, 4) is 6.07 Å². The Morgan fingerprint density at radius 3 is 2.95 bits per heavy atom. The van der Waals surface area contributed by atoms with Gasteiger partial charge in [0.15, 0.2) is 17.7 Å². The van der Waals surface area contributed by atoms with E-state index in [9.17, 15) is 10.4 Å². The molecule has 0 spiro atoms. The molecule has 1 saturated heterocycles. The molecule has 4 atom stereocenters. The van der Waals surface area contributed by atoms with Crippen molar-refractivity contribution >= 4 is 17.0 Å². The van der Waals surface area contributed by atoms with Crippen LogP contribution in [0.25, 0.3) is 11.2 Å². The topological polar surface area (TPSA) is 143 Å². The monoisotopic (exact) mass is 276 g/mol. The van der Waals surface area contributed by atoms with Crippen LogP contribution in [-0.2, 0) is 4.74 Å². The highest BCUT2D eigenvalue weighted by atomic mass is 16.5. The molecule has 1 fully saturated rings. The van der Waals surface area contributed by atoms with Crippen molar-refractivity contribution < 1.29 is 14.9 Å². The average Bonchev–Trinajstić information content (AvgIpc) is 3.00. The van der Waals surface area contributed by atoms with Gasteiger partial charge >= 0.3 is 0 Å². The quantitative estimate of drug-likeness (QED) is 0.620. The molecular formula is C11H12N6O3. The molecule has 0 bridgehead atoms. The highest BCUT2D eigenvalue weighted by Gasteiger charge is 2.45. The molecule has 0 radical (unpaired) electrons. The number of nitrogen functional groups attached to an aromatic ring is 1. The molecule has 0 aliphatic carbocycles. The summed E-state index contributed by atoms with van der Waals surface area (Å²) in [4.78, 5) is 12.0. The fraction of sp³-hybridized carbons (Fsp3) is 0.455. The smallest absolute Gasteiger partial charge is 0.167 e. The number of fused-ring (bicyclic) bond motifs is 1. The van der Waals surface area contributed by atoms with Crippen LogP contribution in [0.2, 0.25) is 0 Å². The summed E-state index contributed by atoms with van der Waals surface area (Å²) in [6.45, 7) is -0.375. The van der Waals surface area contributed by atoms with Gasteiger partial charge in [-0.25, -0.2) is 15.0 Å². The lowest BCUT2D eigenvalue weighted by atomic mass is 10.0. The van der Waals surface area contributed by atoms with Crippen molar-refractivity contribution in [3.63, 3.8) is 0 Å². The third kappa shape index (κ3) is 1.70. The molecule has 1 aliphatic heterocycles. The van der Waals surface area contributed by atoms with Crippen molar-refractivity contribution in [2.24, 2.45) is 5.92 Å². The Labute approximate surface area is 113 Å². The Balaban J connectivity index is 2.07. The second-order valence-corrected chi connectivity index (χ2v) is 4.48. The zero-order valence-electron chi connectivity index (χ0n) is 10.3. The van der Waals surface area contributed by atoms with Crippen LogP contribution in [0.3, 0.4) is 0 Å². The Hall–Kier alpha value is -2.28. The number of nitriles is 1. The van der Waals surface area contributed by atoms with E-state index in [1.54, 1.807) is 0 Å². The van der Waals surface area contributed by atoms with Crippen molar-refractivity contribution in [2.45, 2.75) is 18.4 Å². The number of rotatable bonds is 2. The molecule has 4 N–H and O–H groups in total. The van der Waals surface area contributed by atoms with Gasteiger partial charge < -0.3 is 20.7 Å². The first-order valence-corrected chi connectivity index (χ1v) is 5.94. The molecule has 2 unspecified atom stereocenters. The molecule has 9 heteroatoms. The number of aliphatic hydroxyl groups is 2. The van der Waals surface area contributed by atoms with Crippen molar-refractivity contribution in [1.82, 2.24) is 19.5 Å². The maximum atomic E-state index is 9.95. The number of aliphatic hydroxyl groups excluding tert-OH is 2. The fourth-order valence-corrected chi connectivity index (χ4v) is 2.33. The Kier molecular flexibility index (Phi) is 2.98. The second kappa shape index (κ2) is 4.68. The highest BCUT2D eigenvalue weighted by molar-refractivity contribution is 5.81. The van der Waals surface area contributed by atoms with E-state index >= 15 is 0 Å². The Bertz CT molecular complexity index is 680. The van der Waals surface area contributed by atoms with Gasteiger partial charge in [-0.2, -0.15) is 5.26 Å². The molecule has 3 rings (SSSR count). The molecule has 0 saturated carbocycles. The van der Waals surface area contributed by atoms with Gasteiger partial charge in [0.25, 0.3) is 0 Å². The minimum absolute atomic E-state index is 0.222. The number of hydrogen-bond donors (Lipinski definition) is 3. The summed E-state index contributed by atoms with van der Waals surface area (Å²) in [5, 5.41) is 28.3. The molecule has 3 heterocycles. The van der Waals surface area contributed by atoms with Gasteiger partial charge in [0.2, 0.25) is 0 Å². The van der Waals surface area contributed by atoms with Gasteiger partial charge in [-0.05, 0) is 0 Å². The number of imidazole rings is 1. The average molecular weight is 276 g/mol. The molecule has 0 aromatic carbocycles. The first-order valence-electron chi connectivity index (χ1n) is 5.94. The number of ether oxygens (including phenoxy) is 1. The van der Waals surface area contributed by atoms with E-state index in [0.29, 0.717) is 11.2 Å². The third-order valence-corrected chi connectivity index (χ3v) is 3.36. The minimum Gasteiger partial charge on any atom is -0.394 e. The summed E-state index contributed by atoms with van der Waals surface area (Å²) < 4.78 is 7.03. The summed E-state index contributed by atoms with van der Waals surface area (Å²) >= 11 is 0. The predicted molar refractivity (Wildman–Crippen MR) is 65.8 cm³/mol. The van der Waals surface area contributed by atoms with E-state index in [-0.39, 0.29) is 12.4 Å². The van der Waals surface area contributed by atoms with Gasteiger partial charge in [0.05, 0.1) is 19.0 Å². The van der Waals surface area contributed by atoms with E-state index in [2.05, 4.69) is 15.0 Å². The van der Waals surface area contributed by atoms with E-state index in [4.69, 9.17) is 15.6 Å². The van der Waals surface area contributed by atoms with Crippen molar-refractivity contribution in [3.05, 3.63) is 12.7 Å². The molecule has 9 nitrogen and oxygen atoms in total. The van der Waals surface area contributed by atoms with Gasteiger partial charge in [-0.3, -0.25) is 4.57 Å². The summed E-state index contributed by atoms with van der Waals surface area (Å²) in [6, 6.07) is 1.99. The summed E-state index contributed by atoms with van der Waals surface area (Å²) in [7, 11) is 0. The largest absolute Gasteiger partial charge is 0.394 e. The third-order valence-electron chi connectivity index (χ3n) is 3.36. The maximum Gasteiger partial charge on any atom is 0.167 e. The van der Waals surface area contributed by atoms with E-state index in [1.807, 2.05) is 6.07 Å². The fourth-order valence-electron chi connectivity index (χ4n) is 2.33. The zero-order valence-corrected chi connectivity index (χ0v) is 10.3. The van der Waals surface area contributed by atoms with Crippen LogP contribution in [0.1, 0.15) is 6.23 Å². The Morgan fingerprint density at radius 2 is 2.25 bits per heavy atom. The molecule has 104 valence electrons. The van der Waals surface area contributed by atoms with E-state index in [0.717, 1.165) is 0 Å². The van der Waals surface area contributed by atoms with Crippen LogP contribution in [0.15, 0.2) is 12.7 Å². The van der Waals surface area contributed by atoms with Crippen LogP contribution in [0.5, 0.6) is 0 Å². The minimum atomic E-state index is -1.08. The van der Waals surface area contributed by atoms with Crippen molar-refractivity contribution in [1.29, 1.82) is 5.26 Å². The second-order valence-electron chi connectivity index (χ2n) is 4.48.